The minimum atomic E-state index is -3.93. The minimum absolute atomic E-state index is 0.00174. The van der Waals surface area contributed by atoms with Gasteiger partial charge in [-0.15, -0.1) is 0 Å². The number of sulfone groups is 1. The molecule has 0 spiro atoms. The van der Waals surface area contributed by atoms with Crippen molar-refractivity contribution in [3.63, 3.8) is 0 Å². The van der Waals surface area contributed by atoms with E-state index >= 15 is 0 Å². The van der Waals surface area contributed by atoms with E-state index in [0.29, 0.717) is 24.8 Å². The first-order valence-corrected chi connectivity index (χ1v) is 11.9. The highest BCUT2D eigenvalue weighted by molar-refractivity contribution is 7.91. The van der Waals surface area contributed by atoms with Crippen molar-refractivity contribution in [1.29, 1.82) is 0 Å². The van der Waals surface area contributed by atoms with Crippen LogP contribution in [0, 0.1) is 6.92 Å². The van der Waals surface area contributed by atoms with Crippen LogP contribution in [0.5, 0.6) is 5.75 Å². The number of benzene rings is 2. The molecule has 1 aliphatic heterocycles. The Morgan fingerprint density at radius 1 is 1.06 bits per heavy atom. The summed E-state index contributed by atoms with van der Waals surface area (Å²) < 4.78 is 31.2. The fraction of sp³-hybridized carbons (Fsp3) is 0.273. The zero-order valence-corrected chi connectivity index (χ0v) is 19.4. The Morgan fingerprint density at radius 3 is 2.41 bits per heavy atom. The number of aryl methyl sites for hydroxylation is 1. The molecule has 4 rings (SSSR count). The number of ether oxygens (including phenoxy) is 1. The Labute approximate surface area is 192 Å². The van der Waals surface area contributed by atoms with Crippen LogP contribution in [-0.2, 0) is 9.84 Å². The SMILES string of the molecule is COc1ccc(S(=O)(=O)c2cnc(N3CCN(c4cccc(C)c4)CC3)nc2N)cc1Cl. The molecule has 2 heterocycles. The fourth-order valence-electron chi connectivity index (χ4n) is 3.66. The lowest BCUT2D eigenvalue weighted by atomic mass is 10.2. The smallest absolute Gasteiger partial charge is 0.227 e. The Kier molecular flexibility index (Phi) is 6.12. The van der Waals surface area contributed by atoms with Crippen LogP contribution in [0.3, 0.4) is 0 Å². The summed E-state index contributed by atoms with van der Waals surface area (Å²) in [5.41, 5.74) is 8.46. The van der Waals surface area contributed by atoms with Gasteiger partial charge < -0.3 is 20.3 Å². The Bertz CT molecular complexity index is 1240. The van der Waals surface area contributed by atoms with Crippen molar-refractivity contribution in [1.82, 2.24) is 9.97 Å². The number of rotatable bonds is 5. The standard InChI is InChI=1S/C22H24ClN5O3S/c1-15-4-3-5-16(12-15)27-8-10-28(11-9-27)22-25-14-20(21(24)26-22)32(29,30)17-6-7-19(31-2)18(23)13-17/h3-7,12-14H,8-11H2,1-2H3,(H2,24,25,26). The molecule has 3 aromatic rings. The van der Waals surface area contributed by atoms with Crippen LogP contribution in [0.4, 0.5) is 17.5 Å². The molecule has 2 N–H and O–H groups in total. The lowest BCUT2D eigenvalue weighted by molar-refractivity contribution is 0.414. The molecule has 0 amide bonds. The molecule has 0 atom stereocenters. The van der Waals surface area contributed by atoms with Crippen LogP contribution in [0.25, 0.3) is 0 Å². The maximum atomic E-state index is 13.0. The van der Waals surface area contributed by atoms with Crippen LogP contribution >= 0.6 is 11.6 Å². The summed E-state index contributed by atoms with van der Waals surface area (Å²) in [5, 5.41) is 0.191. The van der Waals surface area contributed by atoms with E-state index in [1.165, 1.54) is 42.8 Å². The Morgan fingerprint density at radius 2 is 1.78 bits per heavy atom. The van der Waals surface area contributed by atoms with Crippen LogP contribution in [0.2, 0.25) is 5.02 Å². The number of piperazine rings is 1. The molecule has 0 aliphatic carbocycles. The zero-order chi connectivity index (χ0) is 22.9. The number of nitrogen functional groups attached to an aromatic ring is 1. The fourth-order valence-corrected chi connectivity index (χ4v) is 5.27. The van der Waals surface area contributed by atoms with E-state index in [1.807, 2.05) is 4.90 Å². The van der Waals surface area contributed by atoms with E-state index in [1.54, 1.807) is 0 Å². The first-order valence-electron chi connectivity index (χ1n) is 10.1. The van der Waals surface area contributed by atoms with Gasteiger partial charge in [0, 0.05) is 31.9 Å². The molecule has 10 heteroatoms. The first kappa shape index (κ1) is 22.2. The van der Waals surface area contributed by atoms with Gasteiger partial charge in [0.2, 0.25) is 15.8 Å². The van der Waals surface area contributed by atoms with Gasteiger partial charge in [-0.05, 0) is 42.8 Å². The third-order valence-corrected chi connectivity index (χ3v) is 7.49. The number of methoxy groups -OCH3 is 1. The normalized spacial score (nSPS) is 14.5. The van der Waals surface area contributed by atoms with Gasteiger partial charge in [0.25, 0.3) is 0 Å². The number of anilines is 3. The minimum Gasteiger partial charge on any atom is -0.495 e. The van der Waals surface area contributed by atoms with Crippen molar-refractivity contribution in [2.24, 2.45) is 0 Å². The van der Waals surface area contributed by atoms with E-state index < -0.39 is 9.84 Å². The van der Waals surface area contributed by atoms with Gasteiger partial charge in [-0.2, -0.15) is 4.98 Å². The molecule has 1 aliphatic rings. The average Bonchev–Trinajstić information content (AvgIpc) is 2.79. The second kappa shape index (κ2) is 8.84. The number of hydrogen-bond acceptors (Lipinski definition) is 8. The quantitative estimate of drug-likeness (QED) is 0.602. The second-order valence-electron chi connectivity index (χ2n) is 7.53. The Balaban J connectivity index is 1.52. The van der Waals surface area contributed by atoms with Crippen LogP contribution in [0.15, 0.2) is 58.5 Å². The van der Waals surface area contributed by atoms with Crippen molar-refractivity contribution in [3.05, 3.63) is 59.2 Å². The summed E-state index contributed by atoms with van der Waals surface area (Å²) in [7, 11) is -2.47. The molecular weight excluding hydrogens is 450 g/mol. The molecule has 1 saturated heterocycles. The first-order chi connectivity index (χ1) is 15.3. The van der Waals surface area contributed by atoms with Crippen molar-refractivity contribution >= 4 is 38.9 Å². The number of aromatic nitrogens is 2. The van der Waals surface area contributed by atoms with Gasteiger partial charge in [-0.25, -0.2) is 13.4 Å². The number of halogens is 1. The van der Waals surface area contributed by atoms with Crippen LogP contribution in [-0.4, -0.2) is 51.7 Å². The van der Waals surface area contributed by atoms with Crippen LogP contribution in [0.1, 0.15) is 5.56 Å². The number of nitrogens with two attached hydrogens (primary N) is 1. The van der Waals surface area contributed by atoms with Gasteiger partial charge in [0.15, 0.2) is 0 Å². The third kappa shape index (κ3) is 4.31. The van der Waals surface area contributed by atoms with E-state index in [9.17, 15) is 8.42 Å². The van der Waals surface area contributed by atoms with Crippen LogP contribution < -0.4 is 20.3 Å². The van der Waals surface area contributed by atoms with E-state index in [0.717, 1.165) is 13.1 Å². The summed E-state index contributed by atoms with van der Waals surface area (Å²) in [6, 6.07) is 12.6. The van der Waals surface area contributed by atoms with E-state index in [-0.39, 0.29) is 20.6 Å². The molecular formula is C22H24ClN5O3S. The molecule has 1 aromatic heterocycles. The molecule has 0 saturated carbocycles. The predicted octanol–water partition coefficient (Wildman–Crippen LogP) is 3.19. The van der Waals surface area contributed by atoms with Crippen molar-refractivity contribution in [2.45, 2.75) is 16.7 Å². The van der Waals surface area contributed by atoms with E-state index in [4.69, 9.17) is 22.1 Å². The lowest BCUT2D eigenvalue weighted by Crippen LogP contribution is -2.47. The average molecular weight is 474 g/mol. The van der Waals surface area contributed by atoms with E-state index in [2.05, 4.69) is 46.1 Å². The maximum Gasteiger partial charge on any atom is 0.227 e. The topological polar surface area (TPSA) is 102 Å². The number of hydrogen-bond donors (Lipinski definition) is 1. The highest BCUT2D eigenvalue weighted by atomic mass is 35.5. The third-order valence-electron chi connectivity index (χ3n) is 5.42. The van der Waals surface area contributed by atoms with Gasteiger partial charge in [0.1, 0.15) is 16.5 Å². The van der Waals surface area contributed by atoms with Gasteiger partial charge in [-0.3, -0.25) is 0 Å². The summed E-state index contributed by atoms with van der Waals surface area (Å²) in [4.78, 5) is 12.8. The molecule has 0 radical (unpaired) electrons. The molecule has 32 heavy (non-hydrogen) atoms. The summed E-state index contributed by atoms with van der Waals surface area (Å²) in [5.74, 6) is 0.705. The summed E-state index contributed by atoms with van der Waals surface area (Å²) >= 11 is 6.09. The molecule has 168 valence electrons. The predicted molar refractivity (Wildman–Crippen MR) is 126 cm³/mol. The van der Waals surface area contributed by atoms with Crippen molar-refractivity contribution in [3.8, 4) is 5.75 Å². The summed E-state index contributed by atoms with van der Waals surface area (Å²) in [6.07, 6.45) is 1.26. The lowest BCUT2D eigenvalue weighted by Gasteiger charge is -2.36. The number of nitrogens with zero attached hydrogens (tertiary/aromatic N) is 4. The van der Waals surface area contributed by atoms with Crippen molar-refractivity contribution < 1.29 is 13.2 Å². The Hall–Kier alpha value is -3.04. The maximum absolute atomic E-state index is 13.0. The molecule has 0 bridgehead atoms. The molecule has 8 nitrogen and oxygen atoms in total. The largest absolute Gasteiger partial charge is 0.495 e. The monoisotopic (exact) mass is 473 g/mol. The van der Waals surface area contributed by atoms with Gasteiger partial charge in [0.05, 0.1) is 23.2 Å². The highest BCUT2D eigenvalue weighted by Crippen LogP contribution is 2.31. The zero-order valence-electron chi connectivity index (χ0n) is 17.8. The highest BCUT2D eigenvalue weighted by Gasteiger charge is 2.26. The summed E-state index contributed by atoms with van der Waals surface area (Å²) in [6.45, 7) is 5.08. The van der Waals surface area contributed by atoms with Gasteiger partial charge >= 0.3 is 0 Å². The molecule has 0 unspecified atom stereocenters. The molecule has 2 aromatic carbocycles. The van der Waals surface area contributed by atoms with Gasteiger partial charge in [-0.1, -0.05) is 23.7 Å². The van der Waals surface area contributed by atoms with Crippen molar-refractivity contribution in [2.75, 3.05) is 48.8 Å². The second-order valence-corrected chi connectivity index (χ2v) is 9.86. The molecule has 1 fully saturated rings.